The molecule has 3 heteroatoms. The molecule has 3 nitrogen and oxygen atoms in total. The van der Waals surface area contributed by atoms with Crippen LogP contribution in [0.1, 0.15) is 40.0 Å². The van der Waals surface area contributed by atoms with Crippen LogP contribution in [0, 0.1) is 0 Å². The van der Waals surface area contributed by atoms with Gasteiger partial charge in [0, 0.05) is 12.6 Å². The zero-order valence-electron chi connectivity index (χ0n) is 9.42. The molecule has 1 rings (SSSR count). The van der Waals surface area contributed by atoms with Crippen LogP contribution >= 0.6 is 0 Å². The van der Waals surface area contributed by atoms with E-state index in [4.69, 9.17) is 0 Å². The average molecular weight is 196 g/mol. The molecule has 1 heterocycles. The van der Waals surface area contributed by atoms with Crippen molar-refractivity contribution in [1.29, 1.82) is 0 Å². The number of hydrogen-bond donors (Lipinski definition) is 0. The molecular formula is C11H20N2O. The fourth-order valence-electron chi connectivity index (χ4n) is 2.05. The molecule has 0 aromatic rings. The molecule has 0 spiro atoms. The van der Waals surface area contributed by atoms with Crippen molar-refractivity contribution in [2.24, 2.45) is 4.99 Å². The molecule has 1 fully saturated rings. The van der Waals surface area contributed by atoms with Crippen molar-refractivity contribution in [3.8, 4) is 0 Å². The number of isocyanates is 1. The summed E-state index contributed by atoms with van der Waals surface area (Å²) < 4.78 is 0. The van der Waals surface area contributed by atoms with Gasteiger partial charge in [-0.15, -0.1) is 0 Å². The van der Waals surface area contributed by atoms with Crippen LogP contribution in [-0.2, 0) is 4.79 Å². The maximum atomic E-state index is 10.2. The number of piperidine rings is 1. The molecule has 1 atom stereocenters. The lowest BCUT2D eigenvalue weighted by molar-refractivity contribution is 0.134. The second-order valence-electron chi connectivity index (χ2n) is 4.83. The Bertz CT molecular complexity index is 231. The van der Waals surface area contributed by atoms with E-state index in [-0.39, 0.29) is 5.54 Å². The van der Waals surface area contributed by atoms with Crippen molar-refractivity contribution in [1.82, 2.24) is 4.90 Å². The lowest BCUT2D eigenvalue weighted by Gasteiger charge is -2.37. The lowest BCUT2D eigenvalue weighted by Crippen LogP contribution is -2.45. The SMILES string of the molecule is CC1CCCCN1CC(C)(C)N=C=O. The average Bonchev–Trinajstić information content (AvgIpc) is 2.08. The van der Waals surface area contributed by atoms with Gasteiger partial charge in [0.05, 0.1) is 5.54 Å². The van der Waals surface area contributed by atoms with E-state index in [9.17, 15) is 4.79 Å². The van der Waals surface area contributed by atoms with Crippen LogP contribution < -0.4 is 0 Å². The smallest absolute Gasteiger partial charge is 0.235 e. The first-order valence-corrected chi connectivity index (χ1v) is 5.38. The molecule has 0 aromatic carbocycles. The molecule has 0 radical (unpaired) electrons. The standard InChI is InChI=1S/C11H20N2O/c1-10-6-4-5-7-13(10)8-11(2,3)12-9-14/h10H,4-8H2,1-3H3. The van der Waals surface area contributed by atoms with E-state index in [1.807, 2.05) is 13.8 Å². The van der Waals surface area contributed by atoms with Gasteiger partial charge in [-0.2, -0.15) is 4.99 Å². The van der Waals surface area contributed by atoms with Crippen molar-refractivity contribution in [2.75, 3.05) is 13.1 Å². The summed E-state index contributed by atoms with van der Waals surface area (Å²) in [6.45, 7) is 8.22. The molecule has 1 unspecified atom stereocenters. The third-order valence-corrected chi connectivity index (χ3v) is 2.88. The summed E-state index contributed by atoms with van der Waals surface area (Å²) in [5, 5.41) is 0. The molecule has 1 aliphatic heterocycles. The Labute approximate surface area is 86.2 Å². The Hall–Kier alpha value is -0.660. The van der Waals surface area contributed by atoms with Gasteiger partial charge in [0.25, 0.3) is 0 Å². The van der Waals surface area contributed by atoms with Gasteiger partial charge in [0.2, 0.25) is 6.08 Å². The normalized spacial score (nSPS) is 24.4. The zero-order chi connectivity index (χ0) is 10.6. The highest BCUT2D eigenvalue weighted by Crippen LogP contribution is 2.20. The Morgan fingerprint density at radius 1 is 1.50 bits per heavy atom. The summed E-state index contributed by atoms with van der Waals surface area (Å²) in [6, 6.07) is 0.630. The van der Waals surface area contributed by atoms with E-state index < -0.39 is 0 Å². The van der Waals surface area contributed by atoms with Crippen LogP contribution in [0.2, 0.25) is 0 Å². The second-order valence-corrected chi connectivity index (χ2v) is 4.83. The summed E-state index contributed by atoms with van der Waals surface area (Å²) in [7, 11) is 0. The number of likely N-dealkylation sites (tertiary alicyclic amines) is 1. The van der Waals surface area contributed by atoms with E-state index in [2.05, 4.69) is 16.8 Å². The first-order chi connectivity index (χ1) is 6.55. The van der Waals surface area contributed by atoms with Crippen molar-refractivity contribution < 1.29 is 4.79 Å². The summed E-state index contributed by atoms with van der Waals surface area (Å²) in [5.74, 6) is 0. The van der Waals surface area contributed by atoms with Crippen LogP contribution in [0.3, 0.4) is 0 Å². The van der Waals surface area contributed by atoms with Gasteiger partial charge in [0.1, 0.15) is 0 Å². The Morgan fingerprint density at radius 2 is 2.21 bits per heavy atom. The number of hydrogen-bond acceptors (Lipinski definition) is 3. The summed E-state index contributed by atoms with van der Waals surface area (Å²) in [4.78, 5) is 16.5. The summed E-state index contributed by atoms with van der Waals surface area (Å²) in [6.07, 6.45) is 5.52. The third kappa shape index (κ3) is 3.24. The van der Waals surface area contributed by atoms with Crippen LogP contribution in [0.4, 0.5) is 0 Å². The van der Waals surface area contributed by atoms with E-state index in [1.165, 1.54) is 19.3 Å². The van der Waals surface area contributed by atoms with Gasteiger partial charge in [-0.25, -0.2) is 4.79 Å². The van der Waals surface area contributed by atoms with Gasteiger partial charge < -0.3 is 0 Å². The number of aliphatic imine (C=N–C) groups is 1. The van der Waals surface area contributed by atoms with E-state index in [0.29, 0.717) is 6.04 Å². The first kappa shape index (κ1) is 11.4. The van der Waals surface area contributed by atoms with Crippen molar-refractivity contribution in [3.63, 3.8) is 0 Å². The van der Waals surface area contributed by atoms with Crippen LogP contribution in [0.5, 0.6) is 0 Å². The Morgan fingerprint density at radius 3 is 2.79 bits per heavy atom. The van der Waals surface area contributed by atoms with E-state index >= 15 is 0 Å². The maximum absolute atomic E-state index is 10.2. The molecule has 0 saturated carbocycles. The highest BCUT2D eigenvalue weighted by molar-refractivity contribution is 5.34. The van der Waals surface area contributed by atoms with Crippen LogP contribution in [0.25, 0.3) is 0 Å². The molecule has 14 heavy (non-hydrogen) atoms. The number of rotatable bonds is 3. The van der Waals surface area contributed by atoms with Gasteiger partial charge in [-0.05, 0) is 40.2 Å². The molecule has 0 N–H and O–H groups in total. The van der Waals surface area contributed by atoms with Crippen molar-refractivity contribution in [2.45, 2.75) is 51.6 Å². The topological polar surface area (TPSA) is 32.7 Å². The van der Waals surface area contributed by atoms with Crippen molar-refractivity contribution in [3.05, 3.63) is 0 Å². The molecule has 0 bridgehead atoms. The minimum absolute atomic E-state index is 0.284. The largest absolute Gasteiger partial charge is 0.298 e. The van der Waals surface area contributed by atoms with E-state index in [0.717, 1.165) is 13.1 Å². The first-order valence-electron chi connectivity index (χ1n) is 5.38. The van der Waals surface area contributed by atoms with Crippen LogP contribution in [-0.4, -0.2) is 35.7 Å². The van der Waals surface area contributed by atoms with Gasteiger partial charge >= 0.3 is 0 Å². The van der Waals surface area contributed by atoms with E-state index in [1.54, 1.807) is 6.08 Å². The number of carbonyl (C=O) groups excluding carboxylic acids is 1. The quantitative estimate of drug-likeness (QED) is 0.510. The second kappa shape index (κ2) is 4.72. The summed E-state index contributed by atoms with van der Waals surface area (Å²) >= 11 is 0. The molecular weight excluding hydrogens is 176 g/mol. The maximum Gasteiger partial charge on any atom is 0.235 e. The molecule has 0 aromatic heterocycles. The Kier molecular flexibility index (Phi) is 3.85. The monoisotopic (exact) mass is 196 g/mol. The predicted octanol–water partition coefficient (Wildman–Crippen LogP) is 1.98. The minimum Gasteiger partial charge on any atom is -0.298 e. The molecule has 0 amide bonds. The van der Waals surface area contributed by atoms with Gasteiger partial charge in [-0.3, -0.25) is 4.90 Å². The molecule has 1 saturated heterocycles. The zero-order valence-corrected chi connectivity index (χ0v) is 9.42. The molecule has 80 valence electrons. The van der Waals surface area contributed by atoms with Crippen LogP contribution in [0.15, 0.2) is 4.99 Å². The fourth-order valence-corrected chi connectivity index (χ4v) is 2.05. The highest BCUT2D eigenvalue weighted by Gasteiger charge is 2.25. The third-order valence-electron chi connectivity index (χ3n) is 2.88. The van der Waals surface area contributed by atoms with Crippen molar-refractivity contribution >= 4 is 6.08 Å². The summed E-state index contributed by atoms with van der Waals surface area (Å²) in [5.41, 5.74) is -0.284. The fraction of sp³-hybridized carbons (Fsp3) is 0.909. The lowest BCUT2D eigenvalue weighted by atomic mass is 9.99. The molecule has 1 aliphatic rings. The predicted molar refractivity (Wildman–Crippen MR) is 57.1 cm³/mol. The van der Waals surface area contributed by atoms with Gasteiger partial charge in [-0.1, -0.05) is 6.42 Å². The highest BCUT2D eigenvalue weighted by atomic mass is 16.1. The minimum atomic E-state index is -0.284. The number of nitrogens with zero attached hydrogens (tertiary/aromatic N) is 2. The Balaban J connectivity index is 2.53. The van der Waals surface area contributed by atoms with Gasteiger partial charge in [0.15, 0.2) is 0 Å². The molecule has 0 aliphatic carbocycles.